The van der Waals surface area contributed by atoms with Crippen LogP contribution in [0.5, 0.6) is 11.5 Å². The Morgan fingerprint density at radius 2 is 1.56 bits per heavy atom. The second-order valence-corrected chi connectivity index (χ2v) is 6.73. The molecular weight excluding hydrogens is 418 g/mol. The molecule has 4 rings (SSSR count). The zero-order valence-corrected chi connectivity index (χ0v) is 17.1. The van der Waals surface area contributed by atoms with Crippen molar-refractivity contribution in [1.29, 1.82) is 0 Å². The van der Waals surface area contributed by atoms with Crippen LogP contribution in [0.3, 0.4) is 0 Å². The summed E-state index contributed by atoms with van der Waals surface area (Å²) in [6.45, 7) is 0. The van der Waals surface area contributed by atoms with Crippen molar-refractivity contribution in [1.82, 2.24) is 9.97 Å². The summed E-state index contributed by atoms with van der Waals surface area (Å²) in [5.41, 5.74) is 1.57. The smallest absolute Gasteiger partial charge is 0.258 e. The van der Waals surface area contributed by atoms with E-state index in [1.807, 2.05) is 0 Å². The second kappa shape index (κ2) is 8.84. The first kappa shape index (κ1) is 21.0. The molecule has 1 aromatic heterocycles. The molecule has 4 aromatic rings. The molecule has 9 heteroatoms. The number of hydrogen-bond acceptors (Lipinski definition) is 6. The van der Waals surface area contributed by atoms with Crippen LogP contribution in [0.15, 0.2) is 60.9 Å². The van der Waals surface area contributed by atoms with Crippen molar-refractivity contribution in [2.45, 2.75) is 0 Å². The average molecular weight is 436 g/mol. The number of anilines is 3. The number of nitrogens with zero attached hydrogens (tertiary/aromatic N) is 2. The van der Waals surface area contributed by atoms with Crippen LogP contribution in [0.1, 0.15) is 10.4 Å². The Hall–Kier alpha value is -4.27. The fourth-order valence-electron chi connectivity index (χ4n) is 3.13. The van der Waals surface area contributed by atoms with E-state index in [1.165, 1.54) is 6.33 Å². The van der Waals surface area contributed by atoms with Crippen molar-refractivity contribution < 1.29 is 23.0 Å². The monoisotopic (exact) mass is 436 g/mol. The molecule has 0 radical (unpaired) electrons. The van der Waals surface area contributed by atoms with Gasteiger partial charge in [0.05, 0.1) is 25.3 Å². The molecule has 0 bridgehead atoms. The highest BCUT2D eigenvalue weighted by molar-refractivity contribution is 6.04. The van der Waals surface area contributed by atoms with E-state index in [2.05, 4.69) is 20.6 Å². The van der Waals surface area contributed by atoms with E-state index in [-0.39, 0.29) is 5.56 Å². The Labute approximate surface area is 182 Å². The molecule has 1 heterocycles. The Bertz CT molecular complexity index is 1300. The Kier molecular flexibility index (Phi) is 5.80. The van der Waals surface area contributed by atoms with E-state index >= 15 is 0 Å². The highest BCUT2D eigenvalue weighted by Gasteiger charge is 2.14. The number of ether oxygens (including phenoxy) is 2. The molecule has 0 saturated carbocycles. The fourth-order valence-corrected chi connectivity index (χ4v) is 3.13. The number of benzene rings is 3. The minimum absolute atomic E-state index is 0.245. The Morgan fingerprint density at radius 1 is 0.875 bits per heavy atom. The summed E-state index contributed by atoms with van der Waals surface area (Å²) < 4.78 is 37.5. The number of amides is 1. The van der Waals surface area contributed by atoms with Crippen molar-refractivity contribution in [2.75, 3.05) is 24.9 Å². The van der Waals surface area contributed by atoms with Gasteiger partial charge in [-0.05, 0) is 42.5 Å². The molecule has 0 fully saturated rings. The third-order valence-corrected chi connectivity index (χ3v) is 4.72. The van der Waals surface area contributed by atoms with Gasteiger partial charge in [-0.15, -0.1) is 0 Å². The lowest BCUT2D eigenvalue weighted by Gasteiger charge is -2.12. The van der Waals surface area contributed by atoms with E-state index in [4.69, 9.17) is 9.47 Å². The van der Waals surface area contributed by atoms with Gasteiger partial charge in [0.2, 0.25) is 0 Å². The molecule has 7 nitrogen and oxygen atoms in total. The lowest BCUT2D eigenvalue weighted by molar-refractivity contribution is 0.102. The van der Waals surface area contributed by atoms with Crippen molar-refractivity contribution in [3.8, 4) is 11.5 Å². The minimum atomic E-state index is -0.927. The van der Waals surface area contributed by atoms with E-state index < -0.39 is 17.5 Å². The molecule has 0 spiro atoms. The van der Waals surface area contributed by atoms with Crippen LogP contribution in [0.4, 0.5) is 26.0 Å². The maximum atomic E-state index is 13.8. The number of methoxy groups -OCH3 is 2. The standard InChI is InChI=1S/C23H18F2N4O3/c1-31-20-10-17-19(11-21(20)32-2)26-12-27-22(17)28-14-4-6-15(7-5-14)29-23(30)16-8-3-13(24)9-18(16)25/h3-12H,1-2H3,(H,29,30)(H,26,27,28). The molecule has 162 valence electrons. The molecule has 1 amide bonds. The van der Waals surface area contributed by atoms with Gasteiger partial charge in [0.15, 0.2) is 11.5 Å². The summed E-state index contributed by atoms with van der Waals surface area (Å²) in [6, 6.07) is 13.1. The van der Waals surface area contributed by atoms with Gasteiger partial charge in [0.1, 0.15) is 23.8 Å². The zero-order valence-electron chi connectivity index (χ0n) is 17.1. The van der Waals surface area contributed by atoms with Crippen LogP contribution in [-0.2, 0) is 0 Å². The number of rotatable bonds is 6. The van der Waals surface area contributed by atoms with Crippen molar-refractivity contribution in [3.63, 3.8) is 0 Å². The first-order valence-electron chi connectivity index (χ1n) is 9.48. The van der Waals surface area contributed by atoms with Gasteiger partial charge >= 0.3 is 0 Å². The molecule has 0 atom stereocenters. The number of hydrogen-bond donors (Lipinski definition) is 2. The lowest BCUT2D eigenvalue weighted by atomic mass is 10.2. The number of halogens is 2. The normalized spacial score (nSPS) is 10.6. The van der Waals surface area contributed by atoms with E-state index in [1.54, 1.807) is 50.6 Å². The largest absolute Gasteiger partial charge is 0.493 e. The molecule has 0 unspecified atom stereocenters. The molecule has 0 saturated heterocycles. The maximum Gasteiger partial charge on any atom is 0.258 e. The highest BCUT2D eigenvalue weighted by atomic mass is 19.1. The SMILES string of the molecule is COc1cc2ncnc(Nc3ccc(NC(=O)c4ccc(F)cc4F)cc3)c2cc1OC. The average Bonchev–Trinajstić information content (AvgIpc) is 2.79. The number of fused-ring (bicyclic) bond motifs is 1. The quantitative estimate of drug-likeness (QED) is 0.446. The summed E-state index contributed by atoms with van der Waals surface area (Å²) in [5.74, 6) is -0.690. The molecule has 0 aliphatic carbocycles. The highest BCUT2D eigenvalue weighted by Crippen LogP contribution is 2.34. The molecule has 3 aromatic carbocycles. The first-order valence-corrected chi connectivity index (χ1v) is 9.48. The van der Waals surface area contributed by atoms with E-state index in [0.29, 0.717) is 40.3 Å². The molecular formula is C23H18F2N4O3. The number of carbonyl (C=O) groups is 1. The van der Waals surface area contributed by atoms with Gasteiger partial charge in [-0.1, -0.05) is 0 Å². The molecule has 0 aliphatic heterocycles. The molecule has 2 N–H and O–H groups in total. The van der Waals surface area contributed by atoms with Gasteiger partial charge in [0.25, 0.3) is 5.91 Å². The van der Waals surface area contributed by atoms with Crippen LogP contribution in [-0.4, -0.2) is 30.1 Å². The van der Waals surface area contributed by atoms with Crippen molar-refractivity contribution >= 4 is 34.0 Å². The van der Waals surface area contributed by atoms with Crippen LogP contribution >= 0.6 is 0 Å². The first-order chi connectivity index (χ1) is 15.5. The predicted octanol–water partition coefficient (Wildman–Crippen LogP) is 4.92. The van der Waals surface area contributed by atoms with Crippen LogP contribution in [0, 0.1) is 11.6 Å². The van der Waals surface area contributed by atoms with Crippen LogP contribution < -0.4 is 20.1 Å². The summed E-state index contributed by atoms with van der Waals surface area (Å²) in [5, 5.41) is 6.51. The second-order valence-electron chi connectivity index (χ2n) is 6.73. The van der Waals surface area contributed by atoms with Crippen LogP contribution in [0.25, 0.3) is 10.9 Å². The molecule has 32 heavy (non-hydrogen) atoms. The summed E-state index contributed by atoms with van der Waals surface area (Å²) in [4.78, 5) is 20.8. The third-order valence-electron chi connectivity index (χ3n) is 4.72. The van der Waals surface area contributed by atoms with Gasteiger partial charge in [0, 0.05) is 28.9 Å². The predicted molar refractivity (Wildman–Crippen MR) is 117 cm³/mol. The summed E-state index contributed by atoms with van der Waals surface area (Å²) >= 11 is 0. The summed E-state index contributed by atoms with van der Waals surface area (Å²) in [7, 11) is 3.10. The number of aromatic nitrogens is 2. The van der Waals surface area contributed by atoms with Crippen molar-refractivity contribution in [2.24, 2.45) is 0 Å². The Balaban J connectivity index is 1.54. The van der Waals surface area contributed by atoms with Gasteiger partial charge in [-0.3, -0.25) is 4.79 Å². The maximum absolute atomic E-state index is 13.8. The topological polar surface area (TPSA) is 85.4 Å². The van der Waals surface area contributed by atoms with E-state index in [0.717, 1.165) is 17.5 Å². The lowest BCUT2D eigenvalue weighted by Crippen LogP contribution is -2.13. The van der Waals surface area contributed by atoms with Gasteiger partial charge in [-0.25, -0.2) is 18.7 Å². The number of carbonyl (C=O) groups excluding carboxylic acids is 1. The summed E-state index contributed by atoms with van der Waals surface area (Å²) in [6.07, 6.45) is 1.43. The molecule has 0 aliphatic rings. The third kappa shape index (κ3) is 4.27. The fraction of sp³-hybridized carbons (Fsp3) is 0.0870. The van der Waals surface area contributed by atoms with Crippen molar-refractivity contribution in [3.05, 3.63) is 78.1 Å². The van der Waals surface area contributed by atoms with Gasteiger partial charge < -0.3 is 20.1 Å². The zero-order chi connectivity index (χ0) is 22.7. The van der Waals surface area contributed by atoms with Gasteiger partial charge in [-0.2, -0.15) is 0 Å². The minimum Gasteiger partial charge on any atom is -0.493 e. The van der Waals surface area contributed by atoms with Crippen LogP contribution in [0.2, 0.25) is 0 Å². The van der Waals surface area contributed by atoms with E-state index in [9.17, 15) is 13.6 Å². The Morgan fingerprint density at radius 3 is 2.25 bits per heavy atom. The number of nitrogens with one attached hydrogen (secondary N) is 2.